The second-order valence-electron chi connectivity index (χ2n) is 16.3. The minimum atomic E-state index is -0.839. The molecule has 0 aromatic carbocycles. The second-order valence-corrected chi connectivity index (χ2v) is 16.3. The van der Waals surface area contributed by atoms with E-state index < -0.39 is 12.1 Å². The second kappa shape index (κ2) is 50.7. The van der Waals surface area contributed by atoms with E-state index in [1.54, 1.807) is 0 Å². The van der Waals surface area contributed by atoms with E-state index in [0.717, 1.165) is 77.0 Å². The van der Waals surface area contributed by atoms with E-state index in [1.807, 2.05) is 12.2 Å². The quantitative estimate of drug-likeness (QED) is 0.0263. The van der Waals surface area contributed by atoms with Crippen LogP contribution in [0.3, 0.4) is 0 Å². The van der Waals surface area contributed by atoms with E-state index in [1.165, 1.54) is 83.5 Å². The van der Waals surface area contributed by atoms with Crippen molar-refractivity contribution in [3.05, 3.63) is 109 Å². The number of carbonyl (C=O) groups excluding carboxylic acids is 3. The van der Waals surface area contributed by atoms with Gasteiger partial charge in [-0.25, -0.2) is 0 Å². The lowest BCUT2D eigenvalue weighted by Gasteiger charge is -2.18. The maximum absolute atomic E-state index is 12.7. The van der Waals surface area contributed by atoms with Crippen LogP contribution in [0.15, 0.2) is 109 Å². The topological polar surface area (TPSA) is 78.9 Å². The largest absolute Gasteiger partial charge is 0.462 e. The highest BCUT2D eigenvalue weighted by atomic mass is 16.6. The summed E-state index contributed by atoms with van der Waals surface area (Å²) in [4.78, 5) is 37.9. The molecule has 6 nitrogen and oxygen atoms in total. The van der Waals surface area contributed by atoms with Crippen LogP contribution in [0.1, 0.15) is 213 Å². The fourth-order valence-electron chi connectivity index (χ4n) is 6.48. The van der Waals surface area contributed by atoms with Crippen LogP contribution in [0, 0.1) is 0 Å². The molecule has 0 aliphatic carbocycles. The molecule has 0 spiro atoms. The van der Waals surface area contributed by atoms with Gasteiger partial charge in [0.25, 0.3) is 0 Å². The fraction of sp³-hybridized carbons (Fsp3) is 0.632. The molecule has 0 N–H and O–H groups in total. The number of allylic oxidation sites excluding steroid dienone is 18. The third-order valence-electron chi connectivity index (χ3n) is 10.3. The number of unbranched alkanes of at least 4 members (excludes halogenated alkanes) is 15. The van der Waals surface area contributed by atoms with Gasteiger partial charge in [-0.3, -0.25) is 14.4 Å². The summed E-state index contributed by atoms with van der Waals surface area (Å²) in [6.07, 6.45) is 68.0. The first kappa shape index (κ1) is 59.1. The normalized spacial score (nSPS) is 13.0. The Bertz CT molecular complexity index is 1330. The summed E-state index contributed by atoms with van der Waals surface area (Å²) in [5.41, 5.74) is 0. The fourth-order valence-corrected chi connectivity index (χ4v) is 6.48. The number of rotatable bonds is 44. The summed E-state index contributed by atoms with van der Waals surface area (Å²) < 4.78 is 16.7. The highest BCUT2D eigenvalue weighted by molar-refractivity contribution is 5.71. The molecule has 0 saturated carbocycles. The zero-order chi connectivity index (χ0) is 45.8. The van der Waals surface area contributed by atoms with Crippen LogP contribution in [0.5, 0.6) is 0 Å². The molecule has 0 radical (unpaired) electrons. The lowest BCUT2D eigenvalue weighted by molar-refractivity contribution is -0.166. The Hall–Kier alpha value is -3.93. The van der Waals surface area contributed by atoms with Crippen LogP contribution in [0.2, 0.25) is 0 Å². The van der Waals surface area contributed by atoms with Crippen LogP contribution in [-0.2, 0) is 28.6 Å². The first-order chi connectivity index (χ1) is 31.0. The molecule has 0 aromatic heterocycles. The van der Waals surface area contributed by atoms with Crippen molar-refractivity contribution in [1.29, 1.82) is 0 Å². The van der Waals surface area contributed by atoms with Crippen molar-refractivity contribution in [3.8, 4) is 0 Å². The standard InChI is InChI=1S/C57H92O6/c1-4-7-10-13-16-19-22-25-27-29-31-32-35-38-41-44-47-50-56(59)62-53-54(52-61-55(58)49-46-43-40-37-34-24-21-18-15-12-9-6-3)63-57(60)51-48-45-42-39-36-33-30-28-26-23-20-17-14-11-8-5-2/h8,11,16-17,19-20,25-28,31-33,36,38,41-42,45,54H,4-7,9-10,12-15,18,21-24,29-30,34-35,37,39-40,43-44,46-53H2,1-3H3/b11-8-,19-16-,20-17-,27-25-,28-26-,32-31-,36-33-,41-38-,45-42-. The van der Waals surface area contributed by atoms with Gasteiger partial charge in [-0.2, -0.15) is 0 Å². The molecule has 6 heteroatoms. The molecule has 0 bridgehead atoms. The first-order valence-corrected chi connectivity index (χ1v) is 25.4. The van der Waals surface area contributed by atoms with Crippen molar-refractivity contribution in [2.45, 2.75) is 219 Å². The van der Waals surface area contributed by atoms with Crippen molar-refractivity contribution in [3.63, 3.8) is 0 Å². The van der Waals surface area contributed by atoms with Gasteiger partial charge in [0, 0.05) is 19.3 Å². The number of carbonyl (C=O) groups is 3. The summed E-state index contributed by atoms with van der Waals surface area (Å²) in [6, 6.07) is 0. The minimum Gasteiger partial charge on any atom is -0.462 e. The zero-order valence-corrected chi connectivity index (χ0v) is 40.5. The van der Waals surface area contributed by atoms with Crippen LogP contribution in [0.25, 0.3) is 0 Å². The Morgan fingerprint density at radius 3 is 1.10 bits per heavy atom. The maximum Gasteiger partial charge on any atom is 0.306 e. The van der Waals surface area contributed by atoms with Crippen molar-refractivity contribution in [1.82, 2.24) is 0 Å². The lowest BCUT2D eigenvalue weighted by Crippen LogP contribution is -2.30. The molecule has 1 unspecified atom stereocenters. The average Bonchev–Trinajstić information content (AvgIpc) is 3.28. The van der Waals surface area contributed by atoms with Crippen molar-refractivity contribution >= 4 is 17.9 Å². The molecule has 0 aromatic rings. The number of hydrogen-bond donors (Lipinski definition) is 0. The Morgan fingerprint density at radius 1 is 0.333 bits per heavy atom. The van der Waals surface area contributed by atoms with E-state index in [2.05, 4.69) is 118 Å². The minimum absolute atomic E-state index is 0.125. The Morgan fingerprint density at radius 2 is 0.667 bits per heavy atom. The number of hydrogen-bond acceptors (Lipinski definition) is 6. The van der Waals surface area contributed by atoms with Crippen LogP contribution < -0.4 is 0 Å². The van der Waals surface area contributed by atoms with Gasteiger partial charge in [-0.15, -0.1) is 0 Å². The highest BCUT2D eigenvalue weighted by Crippen LogP contribution is 2.13. The van der Waals surface area contributed by atoms with Crippen molar-refractivity contribution < 1.29 is 28.6 Å². The molecular weight excluding hydrogens is 781 g/mol. The van der Waals surface area contributed by atoms with Gasteiger partial charge in [0.2, 0.25) is 0 Å². The molecule has 0 aliphatic heterocycles. The van der Waals surface area contributed by atoms with E-state index in [4.69, 9.17) is 14.2 Å². The molecular formula is C57H92O6. The van der Waals surface area contributed by atoms with Gasteiger partial charge >= 0.3 is 17.9 Å². The van der Waals surface area contributed by atoms with Gasteiger partial charge < -0.3 is 14.2 Å². The van der Waals surface area contributed by atoms with Crippen molar-refractivity contribution in [2.75, 3.05) is 13.2 Å². The average molecular weight is 873 g/mol. The first-order valence-electron chi connectivity index (χ1n) is 25.4. The van der Waals surface area contributed by atoms with Crippen LogP contribution >= 0.6 is 0 Å². The smallest absolute Gasteiger partial charge is 0.306 e. The van der Waals surface area contributed by atoms with Gasteiger partial charge in [-0.1, -0.05) is 214 Å². The summed E-state index contributed by atoms with van der Waals surface area (Å²) in [5, 5.41) is 0. The van der Waals surface area contributed by atoms with Crippen molar-refractivity contribution in [2.24, 2.45) is 0 Å². The van der Waals surface area contributed by atoms with Gasteiger partial charge in [0.1, 0.15) is 13.2 Å². The van der Waals surface area contributed by atoms with E-state index in [9.17, 15) is 14.4 Å². The Balaban J connectivity index is 4.59. The highest BCUT2D eigenvalue weighted by Gasteiger charge is 2.19. The SMILES string of the molecule is CC/C=C\C/C=C\C/C=C\C/C=C\C/C=C\CCC(=O)OC(COC(=O)CCC/C=C\C/C=C\C/C=C\C/C=C\CCCCC)COC(=O)CCCCCCCCCCCCCC. The van der Waals surface area contributed by atoms with Gasteiger partial charge in [0.15, 0.2) is 6.10 Å². The van der Waals surface area contributed by atoms with E-state index in [0.29, 0.717) is 19.3 Å². The molecule has 0 rings (SSSR count). The molecule has 0 amide bonds. The molecule has 0 aliphatic rings. The van der Waals surface area contributed by atoms with Crippen LogP contribution in [-0.4, -0.2) is 37.2 Å². The number of esters is 3. The predicted octanol–water partition coefficient (Wildman–Crippen LogP) is 16.8. The third kappa shape index (κ3) is 49.0. The summed E-state index contributed by atoms with van der Waals surface area (Å²) in [6.45, 7) is 6.36. The molecule has 1 atom stereocenters. The Labute approximate surface area is 387 Å². The summed E-state index contributed by atoms with van der Waals surface area (Å²) >= 11 is 0. The zero-order valence-electron chi connectivity index (χ0n) is 40.5. The predicted molar refractivity (Wildman–Crippen MR) is 270 cm³/mol. The lowest BCUT2D eigenvalue weighted by atomic mass is 10.0. The maximum atomic E-state index is 12.7. The Kier molecular flexibility index (Phi) is 47.5. The van der Waals surface area contributed by atoms with Gasteiger partial charge in [0.05, 0.1) is 0 Å². The number of ether oxygens (including phenoxy) is 3. The van der Waals surface area contributed by atoms with Crippen LogP contribution in [0.4, 0.5) is 0 Å². The molecule has 0 heterocycles. The molecule has 356 valence electrons. The van der Waals surface area contributed by atoms with Gasteiger partial charge in [-0.05, 0) is 89.9 Å². The summed E-state index contributed by atoms with van der Waals surface area (Å²) in [5.74, 6) is -1.07. The van der Waals surface area contributed by atoms with E-state index in [-0.39, 0.29) is 38.0 Å². The van der Waals surface area contributed by atoms with E-state index >= 15 is 0 Å². The molecule has 0 fully saturated rings. The molecule has 63 heavy (non-hydrogen) atoms. The summed E-state index contributed by atoms with van der Waals surface area (Å²) in [7, 11) is 0. The molecule has 0 saturated heterocycles. The monoisotopic (exact) mass is 873 g/mol. The third-order valence-corrected chi connectivity index (χ3v) is 10.3.